The van der Waals surface area contributed by atoms with E-state index in [9.17, 15) is 0 Å². The van der Waals surface area contributed by atoms with Crippen molar-refractivity contribution >= 4 is 17.3 Å². The summed E-state index contributed by atoms with van der Waals surface area (Å²) in [6, 6.07) is 0. The number of aromatic nitrogens is 4. The van der Waals surface area contributed by atoms with Crippen LogP contribution in [0.2, 0.25) is 0 Å². The van der Waals surface area contributed by atoms with Gasteiger partial charge in [-0.05, 0) is 19.8 Å². The van der Waals surface area contributed by atoms with Crippen molar-refractivity contribution in [3.63, 3.8) is 0 Å². The van der Waals surface area contributed by atoms with Crippen molar-refractivity contribution < 1.29 is 0 Å². The van der Waals surface area contributed by atoms with Gasteiger partial charge in [0.2, 0.25) is 0 Å². The van der Waals surface area contributed by atoms with Crippen LogP contribution in [0.5, 0.6) is 0 Å². The molecular formula is C15H23N7S. The third-order valence-electron chi connectivity index (χ3n) is 3.87. The lowest BCUT2D eigenvalue weighted by Gasteiger charge is -2.16. The highest BCUT2D eigenvalue weighted by molar-refractivity contribution is 7.11. The van der Waals surface area contributed by atoms with Crippen molar-refractivity contribution in [1.82, 2.24) is 30.4 Å². The molecule has 1 aliphatic rings. The topological polar surface area (TPSA) is 80.0 Å². The Bertz CT molecular complexity index is 673. The molecule has 3 heterocycles. The van der Waals surface area contributed by atoms with Crippen LogP contribution in [-0.2, 0) is 25.9 Å². The Hall–Kier alpha value is -1.96. The molecule has 1 aliphatic heterocycles. The molecule has 8 heteroatoms. The molecule has 0 radical (unpaired) electrons. The minimum absolute atomic E-state index is 0.642. The van der Waals surface area contributed by atoms with Gasteiger partial charge in [0.15, 0.2) is 11.8 Å². The molecule has 2 aromatic heterocycles. The van der Waals surface area contributed by atoms with E-state index in [1.165, 1.54) is 17.7 Å². The molecule has 7 nitrogen and oxygen atoms in total. The van der Waals surface area contributed by atoms with Gasteiger partial charge in [0.05, 0.1) is 11.6 Å². The molecule has 0 spiro atoms. The highest BCUT2D eigenvalue weighted by Crippen LogP contribution is 2.14. The van der Waals surface area contributed by atoms with Crippen LogP contribution in [0, 0.1) is 6.92 Å². The predicted octanol–water partition coefficient (Wildman–Crippen LogP) is 1.29. The monoisotopic (exact) mass is 333 g/mol. The van der Waals surface area contributed by atoms with E-state index in [0.717, 1.165) is 48.5 Å². The van der Waals surface area contributed by atoms with Crippen LogP contribution in [0.4, 0.5) is 0 Å². The van der Waals surface area contributed by atoms with Gasteiger partial charge in [-0.1, -0.05) is 0 Å². The number of aliphatic imine (C=N–C) groups is 1. The van der Waals surface area contributed by atoms with E-state index in [-0.39, 0.29) is 0 Å². The summed E-state index contributed by atoms with van der Waals surface area (Å²) in [5, 5.41) is 16.3. The second-order valence-corrected chi connectivity index (χ2v) is 6.93. The highest BCUT2D eigenvalue weighted by Gasteiger charge is 2.15. The van der Waals surface area contributed by atoms with Gasteiger partial charge in [-0.15, -0.1) is 21.5 Å². The lowest BCUT2D eigenvalue weighted by atomic mass is 10.2. The SMILES string of the molecule is CN=C(NCCc1ncc(C)s1)NCc1nnc2n1CCCC2. The molecule has 23 heavy (non-hydrogen) atoms. The molecule has 2 N–H and O–H groups in total. The Morgan fingerprint density at radius 3 is 3.04 bits per heavy atom. The van der Waals surface area contributed by atoms with Crippen molar-refractivity contribution in [3.05, 3.63) is 27.7 Å². The van der Waals surface area contributed by atoms with Crippen molar-refractivity contribution in [2.24, 2.45) is 4.99 Å². The fourth-order valence-corrected chi connectivity index (χ4v) is 3.47. The zero-order valence-electron chi connectivity index (χ0n) is 13.7. The van der Waals surface area contributed by atoms with E-state index in [1.54, 1.807) is 18.4 Å². The van der Waals surface area contributed by atoms with Gasteiger partial charge >= 0.3 is 0 Å². The highest BCUT2D eigenvalue weighted by atomic mass is 32.1. The molecule has 3 rings (SSSR count). The first-order chi connectivity index (χ1) is 11.3. The fraction of sp³-hybridized carbons (Fsp3) is 0.600. The smallest absolute Gasteiger partial charge is 0.191 e. The van der Waals surface area contributed by atoms with Gasteiger partial charge in [0.25, 0.3) is 0 Å². The van der Waals surface area contributed by atoms with E-state index in [2.05, 4.69) is 42.3 Å². The van der Waals surface area contributed by atoms with Crippen LogP contribution in [0.15, 0.2) is 11.2 Å². The molecule has 0 aromatic carbocycles. The number of nitrogens with zero attached hydrogens (tertiary/aromatic N) is 5. The molecule has 0 bridgehead atoms. The molecule has 0 amide bonds. The normalized spacial score (nSPS) is 14.6. The van der Waals surface area contributed by atoms with Crippen LogP contribution in [0.25, 0.3) is 0 Å². The molecule has 0 aliphatic carbocycles. The minimum Gasteiger partial charge on any atom is -0.356 e. The standard InChI is InChI=1S/C15H23N7S/c1-11-9-18-14(23-11)6-7-17-15(16-2)19-10-13-21-20-12-5-3-4-8-22(12)13/h9H,3-8,10H2,1-2H3,(H2,16,17,19). The van der Waals surface area contributed by atoms with Crippen molar-refractivity contribution in [3.8, 4) is 0 Å². The van der Waals surface area contributed by atoms with E-state index >= 15 is 0 Å². The van der Waals surface area contributed by atoms with Gasteiger partial charge in [-0.25, -0.2) is 4.98 Å². The van der Waals surface area contributed by atoms with Crippen molar-refractivity contribution in [2.75, 3.05) is 13.6 Å². The van der Waals surface area contributed by atoms with Crippen LogP contribution in [0.1, 0.15) is 34.4 Å². The third kappa shape index (κ3) is 4.07. The Kier molecular flexibility index (Phi) is 5.22. The average molecular weight is 333 g/mol. The average Bonchev–Trinajstić information content (AvgIpc) is 3.17. The number of fused-ring (bicyclic) bond motifs is 1. The Labute approximate surface area is 140 Å². The van der Waals surface area contributed by atoms with Crippen LogP contribution >= 0.6 is 11.3 Å². The van der Waals surface area contributed by atoms with E-state index in [4.69, 9.17) is 0 Å². The summed E-state index contributed by atoms with van der Waals surface area (Å²) in [5.41, 5.74) is 0. The number of aryl methyl sites for hydroxylation is 2. The van der Waals surface area contributed by atoms with Crippen LogP contribution in [-0.4, -0.2) is 39.3 Å². The maximum absolute atomic E-state index is 4.37. The first kappa shape index (κ1) is 15.9. The van der Waals surface area contributed by atoms with E-state index < -0.39 is 0 Å². The molecule has 0 unspecified atom stereocenters. The number of hydrogen-bond donors (Lipinski definition) is 2. The zero-order chi connectivity index (χ0) is 16.1. The molecule has 0 saturated heterocycles. The summed E-state index contributed by atoms with van der Waals surface area (Å²) in [7, 11) is 1.78. The predicted molar refractivity (Wildman–Crippen MR) is 91.7 cm³/mol. The second kappa shape index (κ2) is 7.54. The van der Waals surface area contributed by atoms with Crippen molar-refractivity contribution in [2.45, 2.75) is 45.7 Å². The van der Waals surface area contributed by atoms with Gasteiger partial charge in [-0.2, -0.15) is 0 Å². The largest absolute Gasteiger partial charge is 0.356 e. The first-order valence-corrected chi connectivity index (χ1v) is 8.84. The molecule has 2 aromatic rings. The lowest BCUT2D eigenvalue weighted by molar-refractivity contribution is 0.504. The third-order valence-corrected chi connectivity index (χ3v) is 4.85. The molecule has 124 valence electrons. The van der Waals surface area contributed by atoms with E-state index in [1.807, 2.05) is 6.20 Å². The summed E-state index contributed by atoms with van der Waals surface area (Å²) >= 11 is 1.74. The van der Waals surface area contributed by atoms with Crippen molar-refractivity contribution in [1.29, 1.82) is 0 Å². The minimum atomic E-state index is 0.642. The molecular weight excluding hydrogens is 310 g/mol. The Morgan fingerprint density at radius 1 is 1.35 bits per heavy atom. The van der Waals surface area contributed by atoms with Gasteiger partial charge in [0, 0.05) is 44.1 Å². The zero-order valence-corrected chi connectivity index (χ0v) is 14.5. The summed E-state index contributed by atoms with van der Waals surface area (Å²) in [6.07, 6.45) is 6.28. The summed E-state index contributed by atoms with van der Waals surface area (Å²) in [5.74, 6) is 2.87. The maximum atomic E-state index is 4.37. The van der Waals surface area contributed by atoms with Gasteiger partial charge in [0.1, 0.15) is 5.82 Å². The van der Waals surface area contributed by atoms with Crippen LogP contribution < -0.4 is 10.6 Å². The number of rotatable bonds is 5. The number of guanidine groups is 1. The Balaban J connectivity index is 1.47. The maximum Gasteiger partial charge on any atom is 0.191 e. The fourth-order valence-electron chi connectivity index (χ4n) is 2.69. The summed E-state index contributed by atoms with van der Waals surface area (Å²) < 4.78 is 2.22. The van der Waals surface area contributed by atoms with Gasteiger partial charge in [-0.3, -0.25) is 4.99 Å². The second-order valence-electron chi connectivity index (χ2n) is 5.61. The first-order valence-electron chi connectivity index (χ1n) is 8.03. The lowest BCUT2D eigenvalue weighted by Crippen LogP contribution is -2.38. The van der Waals surface area contributed by atoms with Gasteiger partial charge < -0.3 is 15.2 Å². The number of thiazole rings is 1. The van der Waals surface area contributed by atoms with Crippen LogP contribution in [0.3, 0.4) is 0 Å². The molecule has 0 fully saturated rings. The summed E-state index contributed by atoms with van der Waals surface area (Å²) in [6.45, 7) is 4.55. The number of nitrogens with one attached hydrogen (secondary N) is 2. The molecule has 0 saturated carbocycles. The summed E-state index contributed by atoms with van der Waals surface area (Å²) in [4.78, 5) is 9.87. The number of hydrogen-bond acceptors (Lipinski definition) is 5. The quantitative estimate of drug-likeness (QED) is 0.636. The molecule has 0 atom stereocenters. The Morgan fingerprint density at radius 2 is 2.26 bits per heavy atom. The van der Waals surface area contributed by atoms with E-state index in [0.29, 0.717) is 6.54 Å².